The summed E-state index contributed by atoms with van der Waals surface area (Å²) in [6, 6.07) is 6.27. The van der Waals surface area contributed by atoms with Gasteiger partial charge in [0, 0.05) is 10.0 Å². The molecule has 5 heteroatoms. The fraction of sp³-hybridized carbons (Fsp3) is 0.467. The van der Waals surface area contributed by atoms with Crippen LogP contribution in [0.1, 0.15) is 37.3 Å². The second kappa shape index (κ2) is 5.66. The molecule has 1 aliphatic rings. The van der Waals surface area contributed by atoms with Crippen LogP contribution >= 0.6 is 15.9 Å². The van der Waals surface area contributed by atoms with E-state index in [1.807, 2.05) is 12.1 Å². The summed E-state index contributed by atoms with van der Waals surface area (Å²) in [5.41, 5.74) is 2.16. The molecule has 4 nitrogen and oxygen atoms in total. The van der Waals surface area contributed by atoms with Gasteiger partial charge in [-0.1, -0.05) is 28.0 Å². The van der Waals surface area contributed by atoms with Crippen molar-refractivity contribution in [1.29, 1.82) is 0 Å². The van der Waals surface area contributed by atoms with Crippen LogP contribution in [0, 0.1) is 12.8 Å². The molecular weight excluding hydrogens is 318 g/mol. The molecule has 2 aromatic rings. The molecule has 20 heavy (non-hydrogen) atoms. The van der Waals surface area contributed by atoms with E-state index in [0.29, 0.717) is 17.6 Å². The summed E-state index contributed by atoms with van der Waals surface area (Å²) >= 11 is 3.47. The summed E-state index contributed by atoms with van der Waals surface area (Å²) < 4.78 is 6.52. The minimum Gasteiger partial charge on any atom is -0.337 e. The van der Waals surface area contributed by atoms with Gasteiger partial charge in [-0.15, -0.1) is 0 Å². The first-order valence-electron chi connectivity index (χ1n) is 6.97. The maximum absolute atomic E-state index is 5.46. The summed E-state index contributed by atoms with van der Waals surface area (Å²) in [5, 5.41) is 7.59. The summed E-state index contributed by atoms with van der Waals surface area (Å²) in [6.07, 6.45) is 2.27. The molecule has 2 unspecified atom stereocenters. The molecule has 1 saturated heterocycles. The summed E-state index contributed by atoms with van der Waals surface area (Å²) in [4.78, 5) is 4.57. The Balaban J connectivity index is 1.86. The summed E-state index contributed by atoms with van der Waals surface area (Å²) in [6.45, 7) is 5.34. The van der Waals surface area contributed by atoms with Gasteiger partial charge in [-0.3, -0.25) is 0 Å². The average Bonchev–Trinajstić information content (AvgIpc) is 2.88. The second-order valence-corrected chi connectivity index (χ2v) is 6.47. The number of piperidine rings is 1. The largest absolute Gasteiger partial charge is 0.337 e. The lowest BCUT2D eigenvalue weighted by atomic mass is 9.94. The number of nitrogens with zero attached hydrogens (tertiary/aromatic N) is 2. The zero-order valence-corrected chi connectivity index (χ0v) is 13.3. The van der Waals surface area contributed by atoms with E-state index in [0.717, 1.165) is 28.6 Å². The zero-order chi connectivity index (χ0) is 14.1. The topological polar surface area (TPSA) is 51.0 Å². The Bertz CT molecular complexity index is 611. The quantitative estimate of drug-likeness (QED) is 0.905. The highest BCUT2D eigenvalue weighted by Crippen LogP contribution is 2.29. The lowest BCUT2D eigenvalue weighted by Gasteiger charge is -2.25. The number of rotatable bonds is 2. The van der Waals surface area contributed by atoms with E-state index >= 15 is 0 Å². The zero-order valence-electron chi connectivity index (χ0n) is 11.7. The van der Waals surface area contributed by atoms with Gasteiger partial charge in [0.2, 0.25) is 11.7 Å². The highest BCUT2D eigenvalue weighted by atomic mass is 79.9. The molecule has 0 spiro atoms. The minimum absolute atomic E-state index is 0.191. The van der Waals surface area contributed by atoms with Crippen LogP contribution in [0.15, 0.2) is 27.2 Å². The average molecular weight is 336 g/mol. The van der Waals surface area contributed by atoms with Crippen LogP contribution in [0.2, 0.25) is 0 Å². The van der Waals surface area contributed by atoms with Crippen molar-refractivity contribution in [2.75, 3.05) is 6.54 Å². The van der Waals surface area contributed by atoms with Crippen molar-refractivity contribution in [3.63, 3.8) is 0 Å². The Morgan fingerprint density at radius 2 is 2.25 bits per heavy atom. The van der Waals surface area contributed by atoms with Gasteiger partial charge in [0.15, 0.2) is 0 Å². The normalized spacial score (nSPS) is 22.9. The molecule has 2 heterocycles. The maximum atomic E-state index is 5.46. The van der Waals surface area contributed by atoms with Crippen molar-refractivity contribution >= 4 is 15.9 Å². The third-order valence-electron chi connectivity index (χ3n) is 3.84. The van der Waals surface area contributed by atoms with Crippen LogP contribution in [0.25, 0.3) is 11.4 Å². The third-order valence-corrected chi connectivity index (χ3v) is 4.33. The Labute approximate surface area is 127 Å². The molecule has 0 saturated carbocycles. The van der Waals surface area contributed by atoms with E-state index < -0.39 is 0 Å². The fourth-order valence-corrected chi connectivity index (χ4v) is 3.14. The van der Waals surface area contributed by atoms with Gasteiger partial charge >= 0.3 is 0 Å². The first kappa shape index (κ1) is 13.8. The van der Waals surface area contributed by atoms with Crippen molar-refractivity contribution < 1.29 is 4.52 Å². The van der Waals surface area contributed by atoms with E-state index in [2.05, 4.69) is 51.3 Å². The first-order valence-corrected chi connectivity index (χ1v) is 7.76. The van der Waals surface area contributed by atoms with Crippen LogP contribution in [-0.4, -0.2) is 16.7 Å². The molecule has 1 aromatic heterocycles. The second-order valence-electron chi connectivity index (χ2n) is 5.55. The lowest BCUT2D eigenvalue weighted by Crippen LogP contribution is -2.30. The maximum Gasteiger partial charge on any atom is 0.244 e. The molecule has 106 valence electrons. The highest BCUT2D eigenvalue weighted by molar-refractivity contribution is 9.10. The van der Waals surface area contributed by atoms with Crippen LogP contribution in [0.5, 0.6) is 0 Å². The Kier molecular flexibility index (Phi) is 3.89. The standard InChI is InChI=1S/C15H18BrN3O/c1-9-5-6-17-13(7-9)15-18-14(19-20-15)12-4-3-11(16)8-10(12)2/h3-4,8-9,13,17H,5-7H2,1-2H3. The number of hydrogen-bond donors (Lipinski definition) is 1. The predicted molar refractivity (Wildman–Crippen MR) is 81.3 cm³/mol. The van der Waals surface area contributed by atoms with Gasteiger partial charge < -0.3 is 9.84 Å². The van der Waals surface area contributed by atoms with Crippen LogP contribution in [-0.2, 0) is 0 Å². The van der Waals surface area contributed by atoms with Gasteiger partial charge in [0.1, 0.15) is 0 Å². The molecule has 2 atom stereocenters. The first-order chi connectivity index (χ1) is 9.63. The monoisotopic (exact) mass is 335 g/mol. The predicted octanol–water partition coefficient (Wildman–Crippen LogP) is 3.87. The van der Waals surface area contributed by atoms with Crippen molar-refractivity contribution in [1.82, 2.24) is 15.5 Å². The van der Waals surface area contributed by atoms with Crippen molar-refractivity contribution in [2.45, 2.75) is 32.7 Å². The molecule has 1 aromatic carbocycles. The number of hydrogen-bond acceptors (Lipinski definition) is 4. The number of aromatic nitrogens is 2. The molecule has 1 N–H and O–H groups in total. The SMILES string of the molecule is Cc1cc(Br)ccc1-c1noc(C2CC(C)CCN2)n1. The van der Waals surface area contributed by atoms with E-state index in [-0.39, 0.29) is 6.04 Å². The van der Waals surface area contributed by atoms with Crippen LogP contribution in [0.3, 0.4) is 0 Å². The van der Waals surface area contributed by atoms with Gasteiger partial charge in [-0.2, -0.15) is 4.98 Å². The molecule has 0 bridgehead atoms. The Morgan fingerprint density at radius 1 is 1.40 bits per heavy atom. The summed E-state index contributed by atoms with van der Waals surface area (Å²) in [5.74, 6) is 2.07. The van der Waals surface area contributed by atoms with E-state index in [1.54, 1.807) is 0 Å². The summed E-state index contributed by atoms with van der Waals surface area (Å²) in [7, 11) is 0. The van der Waals surface area contributed by atoms with Gasteiger partial charge in [0.25, 0.3) is 0 Å². The van der Waals surface area contributed by atoms with Crippen LogP contribution < -0.4 is 5.32 Å². The number of benzene rings is 1. The molecule has 0 amide bonds. The number of aryl methyl sites for hydroxylation is 1. The fourth-order valence-electron chi connectivity index (χ4n) is 2.66. The van der Waals surface area contributed by atoms with Gasteiger partial charge in [0.05, 0.1) is 6.04 Å². The van der Waals surface area contributed by atoms with E-state index in [4.69, 9.17) is 4.52 Å². The molecule has 0 aliphatic carbocycles. The van der Waals surface area contributed by atoms with Crippen molar-refractivity contribution in [2.24, 2.45) is 5.92 Å². The van der Waals surface area contributed by atoms with Gasteiger partial charge in [-0.25, -0.2) is 0 Å². The molecule has 0 radical (unpaired) electrons. The van der Waals surface area contributed by atoms with E-state index in [9.17, 15) is 0 Å². The Hall–Kier alpha value is -1.20. The number of nitrogens with one attached hydrogen (secondary N) is 1. The highest BCUT2D eigenvalue weighted by Gasteiger charge is 2.25. The van der Waals surface area contributed by atoms with Crippen LogP contribution in [0.4, 0.5) is 0 Å². The minimum atomic E-state index is 0.191. The van der Waals surface area contributed by atoms with Crippen molar-refractivity contribution in [3.8, 4) is 11.4 Å². The number of halogens is 1. The Morgan fingerprint density at radius 3 is 3.00 bits per heavy atom. The third kappa shape index (κ3) is 2.79. The molecule has 1 fully saturated rings. The lowest BCUT2D eigenvalue weighted by molar-refractivity contribution is 0.260. The smallest absolute Gasteiger partial charge is 0.244 e. The van der Waals surface area contributed by atoms with E-state index in [1.165, 1.54) is 6.42 Å². The van der Waals surface area contributed by atoms with Crippen molar-refractivity contribution in [3.05, 3.63) is 34.1 Å². The molecular formula is C15H18BrN3O. The van der Waals surface area contributed by atoms with Gasteiger partial charge in [-0.05, 0) is 56.0 Å². The molecule has 3 rings (SSSR count). The molecule has 1 aliphatic heterocycles.